The van der Waals surface area contributed by atoms with E-state index in [4.69, 9.17) is 11.6 Å². The van der Waals surface area contributed by atoms with Crippen LogP contribution in [-0.2, 0) is 4.79 Å². The molecule has 2 heterocycles. The lowest BCUT2D eigenvalue weighted by Crippen LogP contribution is -2.44. The Kier molecular flexibility index (Phi) is 3.58. The van der Waals surface area contributed by atoms with E-state index in [1.807, 2.05) is 0 Å². The minimum absolute atomic E-state index is 0.204. The number of aromatic nitrogens is 1. The molecule has 1 aromatic rings. The van der Waals surface area contributed by atoms with Crippen LogP contribution < -0.4 is 5.32 Å². The van der Waals surface area contributed by atoms with Gasteiger partial charge in [0.2, 0.25) is 6.41 Å². The molecule has 0 aliphatic carbocycles. The highest BCUT2D eigenvalue weighted by atomic mass is 35.5. The van der Waals surface area contributed by atoms with Gasteiger partial charge in [0.15, 0.2) is 0 Å². The summed E-state index contributed by atoms with van der Waals surface area (Å²) in [6.45, 7) is 0.624. The SMILES string of the molecule is O=CNC1CCCN1C(=O)c1cccc(Cl)n1. The maximum absolute atomic E-state index is 12.1. The summed E-state index contributed by atoms with van der Waals surface area (Å²) in [4.78, 5) is 28.1. The first-order valence-electron chi connectivity index (χ1n) is 5.35. The predicted octanol–water partition coefficient (Wildman–Crippen LogP) is 1.04. The second kappa shape index (κ2) is 5.14. The molecule has 6 heteroatoms. The van der Waals surface area contributed by atoms with E-state index < -0.39 is 0 Å². The zero-order valence-electron chi connectivity index (χ0n) is 9.10. The summed E-state index contributed by atoms with van der Waals surface area (Å²) in [5.41, 5.74) is 0.303. The Hall–Kier alpha value is -1.62. The van der Waals surface area contributed by atoms with E-state index in [2.05, 4.69) is 10.3 Å². The highest BCUT2D eigenvalue weighted by molar-refractivity contribution is 6.29. The lowest BCUT2D eigenvalue weighted by Gasteiger charge is -2.23. The van der Waals surface area contributed by atoms with Gasteiger partial charge in [0.25, 0.3) is 5.91 Å². The summed E-state index contributed by atoms with van der Waals surface area (Å²) in [5.74, 6) is -0.204. The van der Waals surface area contributed by atoms with Crippen LogP contribution in [0.15, 0.2) is 18.2 Å². The van der Waals surface area contributed by atoms with Gasteiger partial charge in [-0.3, -0.25) is 9.59 Å². The van der Waals surface area contributed by atoms with Crippen LogP contribution >= 0.6 is 11.6 Å². The first-order chi connectivity index (χ1) is 8.22. The fourth-order valence-electron chi connectivity index (χ4n) is 1.94. The number of rotatable bonds is 3. The summed E-state index contributed by atoms with van der Waals surface area (Å²) in [6, 6.07) is 4.91. The van der Waals surface area contributed by atoms with Crippen LogP contribution in [0.2, 0.25) is 5.15 Å². The standard InChI is InChI=1S/C11H12ClN3O2/c12-9-4-1-3-8(14-9)11(17)15-6-2-5-10(15)13-7-16/h1,3-4,7,10H,2,5-6H2,(H,13,16). The van der Waals surface area contributed by atoms with Gasteiger partial charge in [0, 0.05) is 6.54 Å². The Morgan fingerprint density at radius 2 is 2.41 bits per heavy atom. The molecule has 1 unspecified atom stereocenters. The van der Waals surface area contributed by atoms with E-state index in [0.29, 0.717) is 18.6 Å². The molecule has 0 bridgehead atoms. The van der Waals surface area contributed by atoms with Crippen LogP contribution in [0.25, 0.3) is 0 Å². The van der Waals surface area contributed by atoms with Gasteiger partial charge in [0.1, 0.15) is 17.0 Å². The minimum atomic E-state index is -0.235. The molecule has 5 nitrogen and oxygen atoms in total. The fraction of sp³-hybridized carbons (Fsp3) is 0.364. The molecule has 0 saturated carbocycles. The lowest BCUT2D eigenvalue weighted by atomic mass is 10.3. The van der Waals surface area contributed by atoms with Crippen molar-refractivity contribution in [1.82, 2.24) is 15.2 Å². The van der Waals surface area contributed by atoms with Crippen LogP contribution in [0.5, 0.6) is 0 Å². The van der Waals surface area contributed by atoms with Crippen molar-refractivity contribution < 1.29 is 9.59 Å². The molecule has 2 amide bonds. The van der Waals surface area contributed by atoms with Gasteiger partial charge in [-0.15, -0.1) is 0 Å². The number of nitrogens with one attached hydrogen (secondary N) is 1. The Morgan fingerprint density at radius 1 is 1.59 bits per heavy atom. The van der Waals surface area contributed by atoms with Crippen molar-refractivity contribution in [3.05, 3.63) is 29.0 Å². The number of pyridine rings is 1. The summed E-state index contributed by atoms with van der Waals surface area (Å²) >= 11 is 5.74. The zero-order chi connectivity index (χ0) is 12.3. The number of amides is 2. The molecule has 1 aromatic heterocycles. The van der Waals surface area contributed by atoms with Crippen LogP contribution in [-0.4, -0.2) is 34.9 Å². The largest absolute Gasteiger partial charge is 0.338 e. The smallest absolute Gasteiger partial charge is 0.274 e. The molecule has 2 rings (SSSR count). The summed E-state index contributed by atoms with van der Waals surface area (Å²) in [5, 5.41) is 2.91. The normalized spacial score (nSPS) is 19.1. The minimum Gasteiger partial charge on any atom is -0.338 e. The van der Waals surface area contributed by atoms with Gasteiger partial charge in [-0.2, -0.15) is 0 Å². The molecule has 17 heavy (non-hydrogen) atoms. The second-order valence-corrected chi connectivity index (χ2v) is 4.17. The Labute approximate surface area is 104 Å². The van der Waals surface area contributed by atoms with Gasteiger partial charge in [-0.05, 0) is 25.0 Å². The molecule has 1 saturated heterocycles. The van der Waals surface area contributed by atoms with E-state index >= 15 is 0 Å². The van der Waals surface area contributed by atoms with Gasteiger partial charge in [-0.1, -0.05) is 17.7 Å². The van der Waals surface area contributed by atoms with Gasteiger partial charge in [-0.25, -0.2) is 4.98 Å². The van der Waals surface area contributed by atoms with Crippen LogP contribution in [0, 0.1) is 0 Å². The average Bonchev–Trinajstić information content (AvgIpc) is 2.77. The zero-order valence-corrected chi connectivity index (χ0v) is 9.85. The number of hydrogen-bond donors (Lipinski definition) is 1. The first kappa shape index (κ1) is 11.9. The number of halogens is 1. The monoisotopic (exact) mass is 253 g/mol. The van der Waals surface area contributed by atoms with Gasteiger partial charge in [0.05, 0.1) is 0 Å². The lowest BCUT2D eigenvalue weighted by molar-refractivity contribution is -0.110. The molecular weight excluding hydrogens is 242 g/mol. The molecule has 1 atom stereocenters. The van der Waals surface area contributed by atoms with Crippen LogP contribution in [0.4, 0.5) is 0 Å². The molecule has 0 radical (unpaired) electrons. The third kappa shape index (κ3) is 2.55. The number of hydrogen-bond acceptors (Lipinski definition) is 3. The maximum Gasteiger partial charge on any atom is 0.274 e. The third-order valence-electron chi connectivity index (χ3n) is 2.71. The summed E-state index contributed by atoms with van der Waals surface area (Å²) in [7, 11) is 0. The third-order valence-corrected chi connectivity index (χ3v) is 2.92. The average molecular weight is 254 g/mol. The molecule has 0 spiro atoms. The second-order valence-electron chi connectivity index (χ2n) is 3.79. The molecule has 1 fully saturated rings. The Bertz CT molecular complexity index is 438. The quantitative estimate of drug-likeness (QED) is 0.647. The van der Waals surface area contributed by atoms with Gasteiger partial charge < -0.3 is 10.2 Å². The van der Waals surface area contributed by atoms with Crippen molar-refractivity contribution in [2.24, 2.45) is 0 Å². The number of carbonyl (C=O) groups excluding carboxylic acids is 2. The van der Waals surface area contributed by atoms with Crippen molar-refractivity contribution >= 4 is 23.9 Å². The van der Waals surface area contributed by atoms with Crippen molar-refractivity contribution in [1.29, 1.82) is 0 Å². The molecule has 90 valence electrons. The van der Waals surface area contributed by atoms with Crippen LogP contribution in [0.3, 0.4) is 0 Å². The van der Waals surface area contributed by atoms with E-state index in [9.17, 15) is 9.59 Å². The topological polar surface area (TPSA) is 62.3 Å². The molecule has 1 aliphatic rings. The van der Waals surface area contributed by atoms with Gasteiger partial charge >= 0.3 is 0 Å². The van der Waals surface area contributed by atoms with E-state index in [0.717, 1.165) is 12.8 Å². The first-order valence-corrected chi connectivity index (χ1v) is 5.73. The van der Waals surface area contributed by atoms with E-state index in [-0.39, 0.29) is 17.2 Å². The highest BCUT2D eigenvalue weighted by Gasteiger charge is 2.29. The van der Waals surface area contributed by atoms with E-state index in [1.54, 1.807) is 23.1 Å². The molecular formula is C11H12ClN3O2. The maximum atomic E-state index is 12.1. The molecule has 1 aliphatic heterocycles. The summed E-state index contributed by atoms with van der Waals surface area (Å²) in [6.07, 6.45) is 2.02. The molecule has 0 aromatic carbocycles. The number of carbonyl (C=O) groups is 2. The van der Waals surface area contributed by atoms with Crippen molar-refractivity contribution in [3.63, 3.8) is 0 Å². The highest BCUT2D eigenvalue weighted by Crippen LogP contribution is 2.17. The number of likely N-dealkylation sites (tertiary alicyclic amines) is 1. The van der Waals surface area contributed by atoms with Crippen LogP contribution in [0.1, 0.15) is 23.3 Å². The van der Waals surface area contributed by atoms with Crippen molar-refractivity contribution in [2.75, 3.05) is 6.54 Å². The Balaban J connectivity index is 2.16. The number of nitrogens with zero attached hydrogens (tertiary/aromatic N) is 2. The summed E-state index contributed by atoms with van der Waals surface area (Å²) < 4.78 is 0. The Morgan fingerprint density at radius 3 is 3.12 bits per heavy atom. The predicted molar refractivity (Wildman–Crippen MR) is 62.5 cm³/mol. The molecule has 1 N–H and O–H groups in total. The van der Waals surface area contributed by atoms with E-state index in [1.165, 1.54) is 0 Å². The fourth-order valence-corrected chi connectivity index (χ4v) is 2.10. The van der Waals surface area contributed by atoms with Crippen molar-refractivity contribution in [3.8, 4) is 0 Å². The van der Waals surface area contributed by atoms with Crippen molar-refractivity contribution in [2.45, 2.75) is 19.0 Å².